The number of hydrogen-bond donors (Lipinski definition) is 0. The summed E-state index contributed by atoms with van der Waals surface area (Å²) in [5.41, 5.74) is 2.43. The summed E-state index contributed by atoms with van der Waals surface area (Å²) in [5.74, 6) is -0.213. The number of fused-ring (bicyclic) bond motifs is 4. The number of rotatable bonds is 3. The predicted octanol–water partition coefficient (Wildman–Crippen LogP) is 2.83. The maximum absolute atomic E-state index is 13.0. The first kappa shape index (κ1) is 18.0. The van der Waals surface area contributed by atoms with Crippen LogP contribution in [0.4, 0.5) is 11.4 Å². The van der Waals surface area contributed by atoms with E-state index in [2.05, 4.69) is 4.98 Å². The molecule has 0 atom stereocenters. The summed E-state index contributed by atoms with van der Waals surface area (Å²) in [6, 6.07) is 4.57. The highest BCUT2D eigenvalue weighted by atomic mass is 32.1. The van der Waals surface area contributed by atoms with Crippen molar-refractivity contribution < 1.29 is 9.72 Å². The van der Waals surface area contributed by atoms with Crippen molar-refractivity contribution in [1.29, 1.82) is 0 Å². The highest BCUT2D eigenvalue weighted by Crippen LogP contribution is 2.34. The van der Waals surface area contributed by atoms with Crippen LogP contribution in [0.2, 0.25) is 0 Å². The quantitative estimate of drug-likeness (QED) is 0.488. The second kappa shape index (κ2) is 6.77. The zero-order chi connectivity index (χ0) is 20.1. The van der Waals surface area contributed by atoms with E-state index in [1.54, 1.807) is 22.3 Å². The molecule has 1 aromatic carbocycles. The number of benzene rings is 1. The van der Waals surface area contributed by atoms with Gasteiger partial charge in [-0.05, 0) is 49.3 Å². The Hall–Kier alpha value is -3.07. The van der Waals surface area contributed by atoms with Crippen LogP contribution in [0, 0.1) is 10.1 Å². The molecular weight excluding hydrogens is 392 g/mol. The van der Waals surface area contributed by atoms with Gasteiger partial charge in [0.2, 0.25) is 5.91 Å². The Labute approximate surface area is 169 Å². The largest absolute Gasteiger partial charge is 0.311 e. The summed E-state index contributed by atoms with van der Waals surface area (Å²) in [6.07, 6.45) is 5.81. The number of nitro benzene ring substituents is 1. The Morgan fingerprint density at radius 1 is 1.24 bits per heavy atom. The zero-order valence-electron chi connectivity index (χ0n) is 15.6. The lowest BCUT2D eigenvalue weighted by molar-refractivity contribution is -0.384. The molecule has 0 radical (unpaired) electrons. The SMILES string of the molecule is O=C(Cn1cnc2sc3c(c2c1=O)CCC3)N1CCCc2cc([N+](=O)[O-])ccc21. The van der Waals surface area contributed by atoms with E-state index in [-0.39, 0.29) is 23.7 Å². The van der Waals surface area contributed by atoms with Crippen molar-refractivity contribution in [1.82, 2.24) is 9.55 Å². The van der Waals surface area contributed by atoms with Crippen LogP contribution in [0.1, 0.15) is 28.8 Å². The van der Waals surface area contributed by atoms with Gasteiger partial charge in [-0.2, -0.15) is 0 Å². The number of nitrogens with zero attached hydrogens (tertiary/aromatic N) is 4. The second-order valence-electron chi connectivity index (χ2n) is 7.43. The van der Waals surface area contributed by atoms with E-state index >= 15 is 0 Å². The van der Waals surface area contributed by atoms with Crippen molar-refractivity contribution in [3.05, 3.63) is 61.0 Å². The smallest absolute Gasteiger partial charge is 0.269 e. The molecule has 1 aliphatic carbocycles. The molecule has 8 nitrogen and oxygen atoms in total. The van der Waals surface area contributed by atoms with Crippen LogP contribution in [0.5, 0.6) is 0 Å². The Morgan fingerprint density at radius 2 is 2.10 bits per heavy atom. The van der Waals surface area contributed by atoms with Gasteiger partial charge in [0.05, 0.1) is 16.6 Å². The second-order valence-corrected chi connectivity index (χ2v) is 8.52. The molecule has 0 spiro atoms. The molecule has 29 heavy (non-hydrogen) atoms. The van der Waals surface area contributed by atoms with Gasteiger partial charge in [0.25, 0.3) is 11.2 Å². The average Bonchev–Trinajstić information content (AvgIpc) is 3.30. The molecule has 3 heterocycles. The molecule has 0 N–H and O–H groups in total. The maximum atomic E-state index is 13.0. The molecule has 2 aliphatic rings. The van der Waals surface area contributed by atoms with E-state index < -0.39 is 4.92 Å². The van der Waals surface area contributed by atoms with Crippen molar-refractivity contribution in [3.8, 4) is 0 Å². The summed E-state index contributed by atoms with van der Waals surface area (Å²) in [4.78, 5) is 44.7. The topological polar surface area (TPSA) is 98.3 Å². The molecule has 2 aromatic heterocycles. The first-order chi connectivity index (χ1) is 14.0. The highest BCUT2D eigenvalue weighted by molar-refractivity contribution is 7.18. The number of aromatic nitrogens is 2. The molecule has 0 bridgehead atoms. The van der Waals surface area contributed by atoms with E-state index in [1.165, 1.54) is 27.9 Å². The fraction of sp³-hybridized carbons (Fsp3) is 0.350. The lowest BCUT2D eigenvalue weighted by atomic mass is 10.0. The van der Waals surface area contributed by atoms with Crippen molar-refractivity contribution in [3.63, 3.8) is 0 Å². The van der Waals surface area contributed by atoms with Crippen molar-refractivity contribution in [2.24, 2.45) is 0 Å². The van der Waals surface area contributed by atoms with Gasteiger partial charge in [-0.3, -0.25) is 24.3 Å². The molecular formula is C20H18N4O4S. The van der Waals surface area contributed by atoms with Gasteiger partial charge in [0.15, 0.2) is 0 Å². The van der Waals surface area contributed by atoms with Crippen LogP contribution in [0.15, 0.2) is 29.3 Å². The maximum Gasteiger partial charge on any atom is 0.269 e. The Bertz CT molecular complexity index is 1230. The standard InChI is InChI=1S/C20H18N4O4S/c25-17(23-8-2-3-12-9-13(24(27)28)6-7-15(12)23)10-22-11-21-19-18(20(22)26)14-4-1-5-16(14)29-19/h6-7,9,11H,1-5,8,10H2. The molecule has 0 unspecified atom stereocenters. The van der Waals surface area contributed by atoms with Crippen molar-refractivity contribution in [2.75, 3.05) is 11.4 Å². The normalized spacial score (nSPS) is 15.4. The lowest BCUT2D eigenvalue weighted by Gasteiger charge is -2.29. The fourth-order valence-electron chi connectivity index (χ4n) is 4.32. The molecule has 3 aromatic rings. The number of nitro groups is 1. The minimum Gasteiger partial charge on any atom is -0.311 e. The van der Waals surface area contributed by atoms with E-state index in [1.807, 2.05) is 0 Å². The first-order valence-electron chi connectivity index (χ1n) is 9.60. The number of aryl methyl sites for hydroxylation is 3. The average molecular weight is 410 g/mol. The summed E-state index contributed by atoms with van der Waals surface area (Å²) in [6.45, 7) is 0.435. The van der Waals surface area contributed by atoms with Gasteiger partial charge >= 0.3 is 0 Å². The summed E-state index contributed by atoms with van der Waals surface area (Å²) in [7, 11) is 0. The molecule has 1 aliphatic heterocycles. The Kier molecular flexibility index (Phi) is 4.20. The van der Waals surface area contributed by atoms with E-state index in [0.717, 1.165) is 41.6 Å². The van der Waals surface area contributed by atoms with Crippen LogP contribution in [-0.2, 0) is 30.6 Å². The number of hydrogen-bond acceptors (Lipinski definition) is 6. The molecule has 5 rings (SSSR count). The number of anilines is 1. The molecule has 9 heteroatoms. The van der Waals surface area contributed by atoms with Crippen LogP contribution in [0.3, 0.4) is 0 Å². The number of carbonyl (C=O) groups is 1. The third-order valence-corrected chi connectivity index (χ3v) is 6.89. The van der Waals surface area contributed by atoms with Gasteiger partial charge in [-0.25, -0.2) is 4.98 Å². The van der Waals surface area contributed by atoms with Crippen LogP contribution < -0.4 is 10.5 Å². The zero-order valence-corrected chi connectivity index (χ0v) is 16.4. The third-order valence-electron chi connectivity index (χ3n) is 5.69. The molecule has 148 valence electrons. The summed E-state index contributed by atoms with van der Waals surface area (Å²) >= 11 is 1.58. The van der Waals surface area contributed by atoms with Crippen LogP contribution >= 0.6 is 11.3 Å². The van der Waals surface area contributed by atoms with Gasteiger partial charge in [-0.1, -0.05) is 0 Å². The first-order valence-corrected chi connectivity index (χ1v) is 10.4. The Balaban J connectivity index is 1.47. The minimum atomic E-state index is -0.430. The lowest BCUT2D eigenvalue weighted by Crippen LogP contribution is -2.39. The summed E-state index contributed by atoms with van der Waals surface area (Å²) in [5, 5.41) is 11.7. The van der Waals surface area contributed by atoms with Gasteiger partial charge in [-0.15, -0.1) is 11.3 Å². The monoisotopic (exact) mass is 410 g/mol. The van der Waals surface area contributed by atoms with Crippen molar-refractivity contribution >= 4 is 38.8 Å². The van der Waals surface area contributed by atoms with E-state index in [9.17, 15) is 19.7 Å². The predicted molar refractivity (Wildman–Crippen MR) is 110 cm³/mol. The van der Waals surface area contributed by atoms with E-state index in [0.29, 0.717) is 24.0 Å². The van der Waals surface area contributed by atoms with Gasteiger partial charge < -0.3 is 4.90 Å². The molecule has 0 saturated heterocycles. The number of thiophene rings is 1. The Morgan fingerprint density at radius 3 is 2.93 bits per heavy atom. The number of non-ortho nitro benzene ring substituents is 1. The van der Waals surface area contributed by atoms with Gasteiger partial charge in [0.1, 0.15) is 11.4 Å². The molecule has 1 amide bonds. The van der Waals surface area contributed by atoms with E-state index in [4.69, 9.17) is 0 Å². The minimum absolute atomic E-state index is 0.0234. The van der Waals surface area contributed by atoms with Gasteiger partial charge in [0, 0.05) is 29.2 Å². The fourth-order valence-corrected chi connectivity index (χ4v) is 5.54. The van der Waals surface area contributed by atoms with Crippen LogP contribution in [0.25, 0.3) is 10.2 Å². The molecule has 0 fully saturated rings. The number of amides is 1. The highest BCUT2D eigenvalue weighted by Gasteiger charge is 2.26. The number of carbonyl (C=O) groups excluding carboxylic acids is 1. The third kappa shape index (κ3) is 2.93. The summed E-state index contributed by atoms with van der Waals surface area (Å²) < 4.78 is 1.38. The molecule has 0 saturated carbocycles. The van der Waals surface area contributed by atoms with Crippen LogP contribution in [-0.4, -0.2) is 26.9 Å². The van der Waals surface area contributed by atoms with Crippen molar-refractivity contribution in [2.45, 2.75) is 38.6 Å².